The second kappa shape index (κ2) is 13.0. The minimum Gasteiger partial charge on any atom is -0.456 e. The van der Waals surface area contributed by atoms with Crippen molar-refractivity contribution in [2.24, 2.45) is 22.7 Å². The molecule has 9 aromatic rings. The molecule has 6 atom stereocenters. The van der Waals surface area contributed by atoms with Crippen molar-refractivity contribution in [3.8, 4) is 0 Å². The van der Waals surface area contributed by atoms with Crippen LogP contribution in [0.4, 0.5) is 0 Å². The molecule has 0 fully saturated rings. The van der Waals surface area contributed by atoms with Crippen LogP contribution in [0.25, 0.3) is 60.2 Å². The van der Waals surface area contributed by atoms with E-state index in [4.69, 9.17) is 13.8 Å². The fourth-order valence-corrected chi connectivity index (χ4v) is 11.1. The highest BCUT2D eigenvalue weighted by atomic mass is 16.3. The summed E-state index contributed by atoms with van der Waals surface area (Å²) in [5.74, 6) is 0.621. The van der Waals surface area contributed by atoms with Crippen LogP contribution in [0.3, 0.4) is 0 Å². The molecule has 0 bridgehead atoms. The standard InChI is InChI=1S/C56H40N2O2/c1-32-53(34-16-4-2-5-17-34)57-56(35-18-6-3-7-19-35)58-54(32)43-24-14-26-45-48(43)41-29-28-36(31-46(41)59-45)47-42-30-27-33-15-8-9-20-37(33)49(42)51-39-22-11-10-21-38(39)50-40-23-12-13-25-44(40)60-55(50)52(47)51/h2-33,37,47,53,56-57H,1H3. The third kappa shape index (κ3) is 4.86. The lowest BCUT2D eigenvalue weighted by molar-refractivity contribution is 0.379. The molecule has 60 heavy (non-hydrogen) atoms. The summed E-state index contributed by atoms with van der Waals surface area (Å²) in [6, 6.07) is 52.3. The number of nitrogens with zero attached hydrogens (tertiary/aromatic N) is 1. The molecule has 3 heterocycles. The smallest absolute Gasteiger partial charge is 0.140 e. The number of fused-ring (bicyclic) bond motifs is 14. The summed E-state index contributed by atoms with van der Waals surface area (Å²) in [5.41, 5.74) is 14.8. The zero-order valence-corrected chi connectivity index (χ0v) is 33.0. The van der Waals surface area contributed by atoms with E-state index in [1.54, 1.807) is 0 Å². The molecule has 4 heteroatoms. The van der Waals surface area contributed by atoms with Crippen molar-refractivity contribution >= 4 is 65.9 Å². The molecule has 4 nitrogen and oxygen atoms in total. The zero-order chi connectivity index (χ0) is 39.5. The molecule has 13 rings (SSSR count). The molecule has 3 aliphatic carbocycles. The van der Waals surface area contributed by atoms with Gasteiger partial charge in [-0.15, -0.1) is 0 Å². The molecule has 0 amide bonds. The molecular weight excluding hydrogens is 733 g/mol. The van der Waals surface area contributed by atoms with E-state index in [1.165, 1.54) is 49.6 Å². The van der Waals surface area contributed by atoms with Crippen molar-refractivity contribution in [1.29, 1.82) is 0 Å². The molecule has 1 aliphatic heterocycles. The van der Waals surface area contributed by atoms with E-state index in [1.807, 2.05) is 0 Å². The van der Waals surface area contributed by atoms with Crippen molar-refractivity contribution < 1.29 is 8.83 Å². The molecule has 2 aromatic heterocycles. The predicted molar refractivity (Wildman–Crippen MR) is 245 cm³/mol. The molecule has 1 N–H and O–H groups in total. The van der Waals surface area contributed by atoms with Gasteiger partial charge < -0.3 is 8.83 Å². The predicted octanol–water partition coefficient (Wildman–Crippen LogP) is 13.9. The van der Waals surface area contributed by atoms with Crippen molar-refractivity contribution in [2.75, 3.05) is 0 Å². The average Bonchev–Trinajstić information content (AvgIpc) is 4.00. The Kier molecular flexibility index (Phi) is 7.34. The molecule has 286 valence electrons. The van der Waals surface area contributed by atoms with Gasteiger partial charge in [0.2, 0.25) is 0 Å². The first-order valence-electron chi connectivity index (χ1n) is 21.2. The number of rotatable bonds is 4. The molecular formula is C56H40N2O2. The molecule has 0 saturated heterocycles. The lowest BCUT2D eigenvalue weighted by Crippen LogP contribution is -2.39. The number of para-hydroxylation sites is 1. The third-order valence-corrected chi connectivity index (χ3v) is 13.7. The normalized spacial score (nSPS) is 23.2. The number of hydrogen-bond donors (Lipinski definition) is 1. The van der Waals surface area contributed by atoms with Gasteiger partial charge in [0.1, 0.15) is 28.5 Å². The largest absolute Gasteiger partial charge is 0.456 e. The van der Waals surface area contributed by atoms with Gasteiger partial charge in [-0.3, -0.25) is 10.3 Å². The van der Waals surface area contributed by atoms with Crippen LogP contribution in [0.5, 0.6) is 0 Å². The zero-order valence-electron chi connectivity index (χ0n) is 33.0. The Labute approximate surface area is 347 Å². The van der Waals surface area contributed by atoms with Crippen LogP contribution in [-0.4, -0.2) is 5.71 Å². The van der Waals surface area contributed by atoms with E-state index in [-0.39, 0.29) is 30.0 Å². The van der Waals surface area contributed by atoms with Crippen LogP contribution in [-0.2, 0) is 0 Å². The Balaban J connectivity index is 1.02. The van der Waals surface area contributed by atoms with E-state index in [0.717, 1.165) is 55.3 Å². The van der Waals surface area contributed by atoms with Gasteiger partial charge >= 0.3 is 0 Å². The topological polar surface area (TPSA) is 50.7 Å². The third-order valence-electron chi connectivity index (χ3n) is 13.7. The van der Waals surface area contributed by atoms with E-state index < -0.39 is 0 Å². The maximum absolute atomic E-state index is 6.98. The second-order valence-corrected chi connectivity index (χ2v) is 16.9. The van der Waals surface area contributed by atoms with Gasteiger partial charge in [0, 0.05) is 68.1 Å². The van der Waals surface area contributed by atoms with Crippen LogP contribution < -0.4 is 5.32 Å². The van der Waals surface area contributed by atoms with Gasteiger partial charge in [0.25, 0.3) is 0 Å². The second-order valence-electron chi connectivity index (χ2n) is 16.9. The molecule has 0 saturated carbocycles. The van der Waals surface area contributed by atoms with E-state index in [0.29, 0.717) is 5.92 Å². The Morgan fingerprint density at radius 1 is 0.567 bits per heavy atom. The maximum Gasteiger partial charge on any atom is 0.140 e. The number of aliphatic imine (C=N–C) groups is 1. The number of allylic oxidation sites excluding steroid dienone is 8. The van der Waals surface area contributed by atoms with Gasteiger partial charge in [-0.05, 0) is 62.4 Å². The van der Waals surface area contributed by atoms with Crippen LogP contribution in [0.1, 0.15) is 58.4 Å². The minimum atomic E-state index is -0.184. The van der Waals surface area contributed by atoms with Crippen LogP contribution in [0, 0.1) is 17.8 Å². The van der Waals surface area contributed by atoms with Gasteiger partial charge in [0.15, 0.2) is 0 Å². The van der Waals surface area contributed by atoms with Gasteiger partial charge in [-0.1, -0.05) is 171 Å². The summed E-state index contributed by atoms with van der Waals surface area (Å²) in [7, 11) is 0. The fraction of sp³-hybridized carbons (Fsp3) is 0.125. The van der Waals surface area contributed by atoms with E-state index >= 15 is 0 Å². The first-order chi connectivity index (χ1) is 29.7. The summed E-state index contributed by atoms with van der Waals surface area (Å²) >= 11 is 0. The quantitative estimate of drug-likeness (QED) is 0.194. The van der Waals surface area contributed by atoms with Crippen LogP contribution in [0.15, 0.2) is 201 Å². The Morgan fingerprint density at radius 3 is 2.13 bits per heavy atom. The summed E-state index contributed by atoms with van der Waals surface area (Å²) in [5, 5.41) is 11.0. The van der Waals surface area contributed by atoms with E-state index in [2.05, 4.69) is 194 Å². The summed E-state index contributed by atoms with van der Waals surface area (Å²) in [6.45, 7) is 2.30. The summed E-state index contributed by atoms with van der Waals surface area (Å²) < 4.78 is 13.9. The van der Waals surface area contributed by atoms with Gasteiger partial charge in [-0.2, -0.15) is 0 Å². The van der Waals surface area contributed by atoms with Crippen molar-refractivity contribution in [3.05, 3.63) is 221 Å². The van der Waals surface area contributed by atoms with Gasteiger partial charge in [-0.25, -0.2) is 0 Å². The van der Waals surface area contributed by atoms with Crippen LogP contribution >= 0.6 is 0 Å². The highest BCUT2D eigenvalue weighted by Crippen LogP contribution is 2.58. The average molecular weight is 773 g/mol. The maximum atomic E-state index is 6.98. The lowest BCUT2D eigenvalue weighted by atomic mass is 9.75. The highest BCUT2D eigenvalue weighted by molar-refractivity contribution is 6.24. The molecule has 6 unspecified atom stereocenters. The first-order valence-corrected chi connectivity index (χ1v) is 21.2. The number of nitrogens with one attached hydrogen (secondary N) is 1. The Hall–Kier alpha value is -7.01. The molecule has 0 spiro atoms. The number of hydrogen-bond acceptors (Lipinski definition) is 4. The SMILES string of the molecule is CC1C(c2cccc3oc4cc(C5C6=C(c7c5c5oc8ccccc8c5c5ccccc75)C5C=CC=CC5C=C6)ccc4c23)=NC(c2ccccc2)NC1c1ccccc1. The number of benzene rings is 7. The highest BCUT2D eigenvalue weighted by Gasteiger charge is 2.42. The minimum absolute atomic E-state index is 0.0386. The van der Waals surface area contributed by atoms with Crippen LogP contribution in [0.2, 0.25) is 0 Å². The monoisotopic (exact) mass is 772 g/mol. The molecule has 0 radical (unpaired) electrons. The van der Waals surface area contributed by atoms with Gasteiger partial charge in [0.05, 0.1) is 0 Å². The Bertz CT molecular complexity index is 3400. The number of furan rings is 2. The Morgan fingerprint density at radius 2 is 1.28 bits per heavy atom. The molecule has 7 aromatic carbocycles. The summed E-state index contributed by atoms with van der Waals surface area (Å²) in [4.78, 5) is 5.50. The van der Waals surface area contributed by atoms with E-state index in [9.17, 15) is 0 Å². The van der Waals surface area contributed by atoms with Crippen molar-refractivity contribution in [3.63, 3.8) is 0 Å². The first kappa shape index (κ1) is 33.9. The summed E-state index contributed by atoms with van der Waals surface area (Å²) in [6.07, 6.45) is 13.8. The van der Waals surface area contributed by atoms with Crippen molar-refractivity contribution in [1.82, 2.24) is 5.32 Å². The van der Waals surface area contributed by atoms with Crippen molar-refractivity contribution in [2.45, 2.75) is 25.0 Å². The molecule has 4 aliphatic rings. The fourth-order valence-electron chi connectivity index (χ4n) is 11.1. The lowest BCUT2D eigenvalue weighted by Gasteiger charge is -2.35.